The molecule has 4 rings (SSSR count). The van der Waals surface area contributed by atoms with Crippen LogP contribution in [-0.4, -0.2) is 33.8 Å². The number of rotatable bonds is 8. The van der Waals surface area contributed by atoms with Gasteiger partial charge in [-0.15, -0.1) is 11.8 Å². The fourth-order valence-corrected chi connectivity index (χ4v) is 4.35. The average Bonchev–Trinajstić information content (AvgIpc) is 3.38. The third kappa shape index (κ3) is 5.17. The van der Waals surface area contributed by atoms with Crippen molar-refractivity contribution in [1.29, 1.82) is 0 Å². The SMILES string of the molecule is Clc1ccc(SCC2COC(CCc3ccccc3)(Cn3ccnc3)O2)cc1. The Morgan fingerprint density at radius 2 is 1.96 bits per heavy atom. The van der Waals surface area contributed by atoms with Crippen LogP contribution in [0.3, 0.4) is 0 Å². The lowest BCUT2D eigenvalue weighted by Gasteiger charge is -2.28. The number of nitrogens with zero attached hydrogens (tertiary/aromatic N) is 2. The van der Waals surface area contributed by atoms with Gasteiger partial charge in [-0.05, 0) is 36.2 Å². The number of ether oxygens (including phenoxy) is 2. The van der Waals surface area contributed by atoms with Crippen LogP contribution in [0.5, 0.6) is 0 Å². The molecule has 0 radical (unpaired) electrons. The number of hydrogen-bond donors (Lipinski definition) is 0. The van der Waals surface area contributed by atoms with E-state index in [4.69, 9.17) is 21.1 Å². The van der Waals surface area contributed by atoms with Gasteiger partial charge in [0.2, 0.25) is 0 Å². The minimum atomic E-state index is -0.623. The predicted molar refractivity (Wildman–Crippen MR) is 113 cm³/mol. The van der Waals surface area contributed by atoms with Crippen molar-refractivity contribution in [3.05, 3.63) is 83.9 Å². The van der Waals surface area contributed by atoms with Crippen LogP contribution >= 0.6 is 23.4 Å². The van der Waals surface area contributed by atoms with E-state index in [1.807, 2.05) is 47.4 Å². The van der Waals surface area contributed by atoms with Gasteiger partial charge in [0, 0.05) is 34.5 Å². The van der Waals surface area contributed by atoms with Crippen LogP contribution in [0, 0.1) is 0 Å². The summed E-state index contributed by atoms with van der Waals surface area (Å²) in [5.41, 5.74) is 1.29. The average molecular weight is 415 g/mol. The molecule has 2 aromatic carbocycles. The first kappa shape index (κ1) is 19.5. The van der Waals surface area contributed by atoms with Crippen molar-refractivity contribution in [3.63, 3.8) is 0 Å². The normalized spacial score (nSPS) is 21.8. The highest BCUT2D eigenvalue weighted by Crippen LogP contribution is 2.33. The lowest BCUT2D eigenvalue weighted by atomic mass is 10.0. The Hall–Kier alpha value is -1.79. The molecule has 0 spiro atoms. The smallest absolute Gasteiger partial charge is 0.187 e. The van der Waals surface area contributed by atoms with E-state index in [0.717, 1.165) is 23.6 Å². The fourth-order valence-electron chi connectivity index (χ4n) is 3.35. The first-order valence-corrected chi connectivity index (χ1v) is 10.8. The Bertz CT molecular complexity index is 858. The van der Waals surface area contributed by atoms with E-state index in [1.165, 1.54) is 10.5 Å². The molecule has 1 aliphatic rings. The molecular formula is C22H23ClN2O2S. The van der Waals surface area contributed by atoms with Gasteiger partial charge in [-0.1, -0.05) is 41.9 Å². The minimum Gasteiger partial charge on any atom is -0.345 e. The molecule has 0 amide bonds. The van der Waals surface area contributed by atoms with Crippen molar-refractivity contribution >= 4 is 23.4 Å². The summed E-state index contributed by atoms with van der Waals surface area (Å²) < 4.78 is 14.7. The van der Waals surface area contributed by atoms with E-state index in [2.05, 4.69) is 29.2 Å². The molecule has 1 aliphatic heterocycles. The summed E-state index contributed by atoms with van der Waals surface area (Å²) in [5.74, 6) is 0.223. The molecule has 3 aromatic rings. The van der Waals surface area contributed by atoms with Crippen LogP contribution in [0.25, 0.3) is 0 Å². The van der Waals surface area contributed by atoms with Gasteiger partial charge in [0.05, 0.1) is 25.6 Å². The first-order chi connectivity index (χ1) is 13.7. The number of hydrogen-bond acceptors (Lipinski definition) is 4. The second kappa shape index (κ2) is 9.14. The summed E-state index contributed by atoms with van der Waals surface area (Å²) in [7, 11) is 0. The third-order valence-corrected chi connectivity index (χ3v) is 6.18. The predicted octanol–water partition coefficient (Wildman–Crippen LogP) is 5.07. The Morgan fingerprint density at radius 3 is 2.71 bits per heavy atom. The standard InChI is InChI=1S/C22H23ClN2O2S/c23-19-6-8-21(9-7-19)28-15-20-14-26-22(27-20,16-25-13-12-24-17-25)11-10-18-4-2-1-3-5-18/h1-9,12-13,17,20H,10-11,14-16H2. The maximum Gasteiger partial charge on any atom is 0.187 e. The third-order valence-electron chi connectivity index (χ3n) is 4.78. The summed E-state index contributed by atoms with van der Waals surface area (Å²) in [6, 6.07) is 18.4. The lowest BCUT2D eigenvalue weighted by molar-refractivity contribution is -0.180. The van der Waals surface area contributed by atoms with Gasteiger partial charge in [-0.2, -0.15) is 0 Å². The van der Waals surface area contributed by atoms with Gasteiger partial charge in [-0.3, -0.25) is 0 Å². The van der Waals surface area contributed by atoms with Crippen LogP contribution < -0.4 is 0 Å². The monoisotopic (exact) mass is 414 g/mol. The second-order valence-corrected chi connectivity index (χ2v) is 8.48. The first-order valence-electron chi connectivity index (χ1n) is 9.41. The summed E-state index contributed by atoms with van der Waals surface area (Å²) in [6.07, 6.45) is 7.32. The fraction of sp³-hybridized carbons (Fsp3) is 0.318. The number of aryl methyl sites for hydroxylation is 1. The quantitative estimate of drug-likeness (QED) is 0.482. The zero-order chi connectivity index (χ0) is 19.2. The number of imidazole rings is 1. The minimum absolute atomic E-state index is 0.0555. The maximum absolute atomic E-state index is 6.47. The van der Waals surface area contributed by atoms with Crippen molar-refractivity contribution in [2.24, 2.45) is 0 Å². The zero-order valence-electron chi connectivity index (χ0n) is 15.5. The Kier molecular flexibility index (Phi) is 6.37. The highest BCUT2D eigenvalue weighted by atomic mass is 35.5. The summed E-state index contributed by atoms with van der Waals surface area (Å²) in [4.78, 5) is 5.34. The molecule has 0 N–H and O–H groups in total. The number of thioether (sulfide) groups is 1. The molecule has 146 valence electrons. The molecule has 1 aromatic heterocycles. The zero-order valence-corrected chi connectivity index (χ0v) is 17.1. The molecule has 0 bridgehead atoms. The molecule has 4 nitrogen and oxygen atoms in total. The van der Waals surface area contributed by atoms with E-state index in [0.29, 0.717) is 13.2 Å². The van der Waals surface area contributed by atoms with Gasteiger partial charge >= 0.3 is 0 Å². The van der Waals surface area contributed by atoms with Gasteiger partial charge in [0.1, 0.15) is 0 Å². The molecular weight excluding hydrogens is 392 g/mol. The highest BCUT2D eigenvalue weighted by Gasteiger charge is 2.41. The van der Waals surface area contributed by atoms with Crippen molar-refractivity contribution < 1.29 is 9.47 Å². The van der Waals surface area contributed by atoms with E-state index < -0.39 is 5.79 Å². The molecule has 2 unspecified atom stereocenters. The molecule has 2 heterocycles. The lowest BCUT2D eigenvalue weighted by Crippen LogP contribution is -2.37. The Balaban J connectivity index is 1.40. The van der Waals surface area contributed by atoms with E-state index in [1.54, 1.807) is 18.0 Å². The Morgan fingerprint density at radius 1 is 1.14 bits per heavy atom. The molecule has 1 fully saturated rings. The van der Waals surface area contributed by atoms with Crippen LogP contribution in [0.4, 0.5) is 0 Å². The second-order valence-electron chi connectivity index (χ2n) is 6.95. The number of benzene rings is 2. The van der Waals surface area contributed by atoms with Crippen LogP contribution in [0.15, 0.2) is 78.2 Å². The highest BCUT2D eigenvalue weighted by molar-refractivity contribution is 7.99. The summed E-state index contributed by atoms with van der Waals surface area (Å²) in [5, 5.41) is 0.755. The molecule has 28 heavy (non-hydrogen) atoms. The topological polar surface area (TPSA) is 36.3 Å². The number of aromatic nitrogens is 2. The van der Waals surface area contributed by atoms with Gasteiger partial charge in [0.15, 0.2) is 5.79 Å². The summed E-state index contributed by atoms with van der Waals surface area (Å²) >= 11 is 7.73. The van der Waals surface area contributed by atoms with Crippen LogP contribution in [0.1, 0.15) is 12.0 Å². The molecule has 2 atom stereocenters. The maximum atomic E-state index is 6.47. The van der Waals surface area contributed by atoms with Crippen LogP contribution in [-0.2, 0) is 22.4 Å². The molecule has 6 heteroatoms. The summed E-state index contributed by atoms with van der Waals surface area (Å²) in [6.45, 7) is 1.24. The van der Waals surface area contributed by atoms with Gasteiger partial charge in [0.25, 0.3) is 0 Å². The van der Waals surface area contributed by atoms with E-state index in [9.17, 15) is 0 Å². The van der Waals surface area contributed by atoms with Gasteiger partial charge < -0.3 is 14.0 Å². The van der Waals surface area contributed by atoms with Crippen molar-refractivity contribution in [2.75, 3.05) is 12.4 Å². The number of halogens is 1. The molecule has 0 aliphatic carbocycles. The van der Waals surface area contributed by atoms with Crippen molar-refractivity contribution in [1.82, 2.24) is 9.55 Å². The van der Waals surface area contributed by atoms with Crippen molar-refractivity contribution in [2.45, 2.75) is 36.2 Å². The van der Waals surface area contributed by atoms with E-state index in [-0.39, 0.29) is 6.10 Å². The Labute approximate surface area is 174 Å². The van der Waals surface area contributed by atoms with E-state index >= 15 is 0 Å². The van der Waals surface area contributed by atoms with Crippen LogP contribution in [0.2, 0.25) is 5.02 Å². The molecule has 0 saturated carbocycles. The van der Waals surface area contributed by atoms with Gasteiger partial charge in [-0.25, -0.2) is 4.98 Å². The van der Waals surface area contributed by atoms with Crippen molar-refractivity contribution in [3.8, 4) is 0 Å². The molecule has 1 saturated heterocycles. The largest absolute Gasteiger partial charge is 0.345 e.